The van der Waals surface area contributed by atoms with Gasteiger partial charge in [0.1, 0.15) is 11.3 Å². The zero-order chi connectivity index (χ0) is 27.0. The molecule has 1 amide bonds. The first-order chi connectivity index (χ1) is 18.2. The highest BCUT2D eigenvalue weighted by atomic mass is 32.1. The van der Waals surface area contributed by atoms with E-state index < -0.39 is 5.60 Å². The number of carbonyl (C=O) groups excluding carboxylic acids is 2. The molecule has 5 rings (SSSR count). The second kappa shape index (κ2) is 10.5. The van der Waals surface area contributed by atoms with Gasteiger partial charge in [0.15, 0.2) is 11.5 Å². The van der Waals surface area contributed by atoms with Crippen molar-refractivity contribution in [2.75, 3.05) is 27.3 Å². The van der Waals surface area contributed by atoms with E-state index in [0.717, 1.165) is 41.0 Å². The highest BCUT2D eigenvalue weighted by Gasteiger charge is 2.33. The third kappa shape index (κ3) is 5.19. The van der Waals surface area contributed by atoms with Crippen LogP contribution in [0.2, 0.25) is 0 Å². The summed E-state index contributed by atoms with van der Waals surface area (Å²) in [6.45, 7) is 7.61. The van der Waals surface area contributed by atoms with Crippen molar-refractivity contribution in [3.8, 4) is 33.2 Å². The van der Waals surface area contributed by atoms with Gasteiger partial charge in [-0.05, 0) is 81.2 Å². The fourth-order valence-corrected chi connectivity index (χ4v) is 6.39. The topological polar surface area (TPSA) is 70.0 Å². The van der Waals surface area contributed by atoms with Crippen molar-refractivity contribution >= 4 is 23.2 Å². The lowest BCUT2D eigenvalue weighted by Gasteiger charge is -2.33. The summed E-state index contributed by atoms with van der Waals surface area (Å²) in [7, 11) is 3.30. The van der Waals surface area contributed by atoms with E-state index in [1.165, 1.54) is 5.56 Å². The molecule has 3 aromatic rings. The summed E-state index contributed by atoms with van der Waals surface area (Å²) in [5.41, 5.74) is 4.53. The number of benzene rings is 1. The molecule has 4 heterocycles. The SMILES string of the molecule is COc1cc2c(cc1OC)-c1c(-c3cccs3)cc(C(=O)N3CCC[C@@H](CC(=O)OC(C)(C)C)C3)n1CC2. The first-order valence-corrected chi connectivity index (χ1v) is 14.1. The highest BCUT2D eigenvalue weighted by molar-refractivity contribution is 7.13. The van der Waals surface area contributed by atoms with Crippen LogP contribution in [0.25, 0.3) is 21.7 Å². The third-order valence-electron chi connectivity index (χ3n) is 7.25. The standard InChI is InChI=1S/C30H36N2O5S/c1-30(2,3)37-27(33)14-19-8-6-11-31(18-19)29(34)23-16-22(26-9-7-13-38-26)28-21-17-25(36-5)24(35-4)15-20(21)10-12-32(23)28/h7,9,13,15-17,19H,6,8,10-12,14,18H2,1-5H3/t19-/m0/s1. The Balaban J connectivity index is 1.48. The second-order valence-corrected chi connectivity index (χ2v) is 12.0. The van der Waals surface area contributed by atoms with Gasteiger partial charge in [0.2, 0.25) is 0 Å². The van der Waals surface area contributed by atoms with Gasteiger partial charge in [0.25, 0.3) is 5.91 Å². The lowest BCUT2D eigenvalue weighted by atomic mass is 9.94. The van der Waals surface area contributed by atoms with Crippen LogP contribution in [0.4, 0.5) is 0 Å². The molecule has 2 aliphatic rings. The van der Waals surface area contributed by atoms with Gasteiger partial charge in [-0.25, -0.2) is 0 Å². The number of carbonyl (C=O) groups is 2. The van der Waals surface area contributed by atoms with Crippen LogP contribution < -0.4 is 9.47 Å². The van der Waals surface area contributed by atoms with Crippen LogP contribution in [0.1, 0.15) is 56.1 Å². The van der Waals surface area contributed by atoms with Crippen molar-refractivity contribution < 1.29 is 23.8 Å². The lowest BCUT2D eigenvalue weighted by molar-refractivity contribution is -0.156. The lowest BCUT2D eigenvalue weighted by Crippen LogP contribution is -2.41. The number of aromatic nitrogens is 1. The smallest absolute Gasteiger partial charge is 0.306 e. The van der Waals surface area contributed by atoms with Crippen molar-refractivity contribution in [1.29, 1.82) is 0 Å². The van der Waals surface area contributed by atoms with Crippen LogP contribution in [-0.4, -0.2) is 54.3 Å². The van der Waals surface area contributed by atoms with E-state index in [-0.39, 0.29) is 17.8 Å². The van der Waals surface area contributed by atoms with Gasteiger partial charge >= 0.3 is 5.97 Å². The van der Waals surface area contributed by atoms with E-state index in [0.29, 0.717) is 43.2 Å². The van der Waals surface area contributed by atoms with Crippen molar-refractivity contribution in [3.05, 3.63) is 47.0 Å². The zero-order valence-electron chi connectivity index (χ0n) is 22.8. The number of fused-ring (bicyclic) bond motifs is 3. The van der Waals surface area contributed by atoms with E-state index in [1.54, 1.807) is 25.6 Å². The number of rotatable bonds is 6. The molecular weight excluding hydrogens is 500 g/mol. The number of likely N-dealkylation sites (tertiary alicyclic amines) is 1. The quantitative estimate of drug-likeness (QED) is 0.359. The molecule has 1 fully saturated rings. The van der Waals surface area contributed by atoms with E-state index in [2.05, 4.69) is 22.1 Å². The Hall–Kier alpha value is -3.26. The molecule has 0 saturated carbocycles. The van der Waals surface area contributed by atoms with Crippen molar-refractivity contribution in [1.82, 2.24) is 9.47 Å². The monoisotopic (exact) mass is 536 g/mol. The summed E-state index contributed by atoms with van der Waals surface area (Å²) in [6.07, 6.45) is 2.93. The van der Waals surface area contributed by atoms with E-state index in [1.807, 2.05) is 43.9 Å². The number of ether oxygens (including phenoxy) is 3. The molecule has 1 saturated heterocycles. The summed E-state index contributed by atoms with van der Waals surface area (Å²) < 4.78 is 18.9. The van der Waals surface area contributed by atoms with Crippen LogP contribution in [0.3, 0.4) is 0 Å². The number of methoxy groups -OCH3 is 2. The largest absolute Gasteiger partial charge is 0.493 e. The predicted molar refractivity (Wildman–Crippen MR) is 149 cm³/mol. The van der Waals surface area contributed by atoms with Crippen LogP contribution in [0.5, 0.6) is 11.5 Å². The van der Waals surface area contributed by atoms with Crippen molar-refractivity contribution in [3.63, 3.8) is 0 Å². The summed E-state index contributed by atoms with van der Waals surface area (Å²) in [4.78, 5) is 29.5. The molecule has 0 spiro atoms. The number of hydrogen-bond donors (Lipinski definition) is 0. The van der Waals surface area contributed by atoms with E-state index in [9.17, 15) is 9.59 Å². The summed E-state index contributed by atoms with van der Waals surface area (Å²) in [5.74, 6) is 1.31. The molecular formula is C30H36N2O5S. The number of aryl methyl sites for hydroxylation is 1. The number of esters is 1. The average molecular weight is 537 g/mol. The Labute approximate surface area is 228 Å². The minimum Gasteiger partial charge on any atom is -0.493 e. The number of amides is 1. The molecule has 0 radical (unpaired) electrons. The van der Waals surface area contributed by atoms with Crippen molar-refractivity contribution in [2.24, 2.45) is 5.92 Å². The molecule has 2 aliphatic heterocycles. The first-order valence-electron chi connectivity index (χ1n) is 13.2. The average Bonchev–Trinajstić information content (AvgIpc) is 3.54. The summed E-state index contributed by atoms with van der Waals surface area (Å²) in [6, 6.07) is 10.3. The Morgan fingerprint density at radius 1 is 1.05 bits per heavy atom. The Morgan fingerprint density at radius 2 is 1.82 bits per heavy atom. The van der Waals surface area contributed by atoms with E-state index in [4.69, 9.17) is 14.2 Å². The maximum Gasteiger partial charge on any atom is 0.306 e. The van der Waals surface area contributed by atoms with Crippen molar-refractivity contribution in [2.45, 2.75) is 58.6 Å². The maximum absolute atomic E-state index is 14.0. The molecule has 0 unspecified atom stereocenters. The van der Waals surface area contributed by atoms with Gasteiger partial charge < -0.3 is 23.7 Å². The predicted octanol–water partition coefficient (Wildman–Crippen LogP) is 6.04. The Bertz CT molecular complexity index is 1340. The minimum atomic E-state index is -0.507. The molecule has 1 aromatic carbocycles. The molecule has 202 valence electrons. The molecule has 1 atom stereocenters. The zero-order valence-corrected chi connectivity index (χ0v) is 23.7. The van der Waals surface area contributed by atoms with Gasteiger partial charge in [-0.2, -0.15) is 0 Å². The fourth-order valence-electron chi connectivity index (χ4n) is 5.65. The molecule has 0 aliphatic carbocycles. The molecule has 8 heteroatoms. The fraction of sp³-hybridized carbons (Fsp3) is 0.467. The number of nitrogens with zero attached hydrogens (tertiary/aromatic N) is 2. The van der Waals surface area contributed by atoms with Crippen LogP contribution in [-0.2, 0) is 22.5 Å². The highest BCUT2D eigenvalue weighted by Crippen LogP contribution is 2.45. The maximum atomic E-state index is 14.0. The molecule has 0 bridgehead atoms. The van der Waals surface area contributed by atoms with Crippen LogP contribution >= 0.6 is 11.3 Å². The normalized spacial score (nSPS) is 17.0. The van der Waals surface area contributed by atoms with Gasteiger partial charge in [0, 0.05) is 35.6 Å². The number of thiophene rings is 1. The molecule has 2 aromatic heterocycles. The third-order valence-corrected chi connectivity index (χ3v) is 8.16. The van der Waals surface area contributed by atoms with Gasteiger partial charge in [-0.15, -0.1) is 11.3 Å². The second-order valence-electron chi connectivity index (χ2n) is 11.1. The van der Waals surface area contributed by atoms with Gasteiger partial charge in [0.05, 0.1) is 26.3 Å². The molecule has 7 nitrogen and oxygen atoms in total. The number of hydrogen-bond acceptors (Lipinski definition) is 6. The number of piperidine rings is 1. The minimum absolute atomic E-state index is 0.0203. The van der Waals surface area contributed by atoms with Gasteiger partial charge in [-0.1, -0.05) is 6.07 Å². The molecule has 0 N–H and O–H groups in total. The Morgan fingerprint density at radius 3 is 2.50 bits per heavy atom. The van der Waals surface area contributed by atoms with Gasteiger partial charge in [-0.3, -0.25) is 9.59 Å². The first kappa shape index (κ1) is 26.4. The van der Waals surface area contributed by atoms with E-state index >= 15 is 0 Å². The van der Waals surface area contributed by atoms with Crippen LogP contribution in [0.15, 0.2) is 35.7 Å². The van der Waals surface area contributed by atoms with Crippen LogP contribution in [0, 0.1) is 5.92 Å². The summed E-state index contributed by atoms with van der Waals surface area (Å²) >= 11 is 1.67. The Kier molecular flexibility index (Phi) is 7.27. The summed E-state index contributed by atoms with van der Waals surface area (Å²) in [5, 5.41) is 2.06. The molecule has 38 heavy (non-hydrogen) atoms.